The van der Waals surface area contributed by atoms with Gasteiger partial charge in [0, 0.05) is 23.9 Å². The molecule has 1 aliphatic rings. The van der Waals surface area contributed by atoms with Gasteiger partial charge >= 0.3 is 5.69 Å². The zero-order chi connectivity index (χ0) is 25.8. The van der Waals surface area contributed by atoms with Crippen LogP contribution in [-0.4, -0.2) is 38.0 Å². The lowest BCUT2D eigenvalue weighted by Gasteiger charge is -2.12. The minimum atomic E-state index is -0.622. The number of imide groups is 1. The molecule has 12 nitrogen and oxygen atoms in total. The Labute approximate surface area is 207 Å². The molecule has 0 aliphatic carbocycles. The van der Waals surface area contributed by atoms with Gasteiger partial charge in [-0.25, -0.2) is 4.98 Å². The van der Waals surface area contributed by atoms with Crippen LogP contribution in [0.3, 0.4) is 0 Å². The minimum absolute atomic E-state index is 0.120. The van der Waals surface area contributed by atoms with Crippen LogP contribution in [0.5, 0.6) is 17.4 Å². The second kappa shape index (κ2) is 10.2. The van der Waals surface area contributed by atoms with Crippen molar-refractivity contribution in [1.29, 1.82) is 0 Å². The number of amides is 2. The Kier molecular flexibility index (Phi) is 6.92. The highest BCUT2D eigenvalue weighted by atomic mass is 32.2. The highest BCUT2D eigenvalue weighted by molar-refractivity contribution is 8.18. The summed E-state index contributed by atoms with van der Waals surface area (Å²) in [5.74, 6) is -0.444. The number of thioether (sulfide) groups is 1. The maximum Gasteiger partial charge on any atom is 0.331 e. The van der Waals surface area contributed by atoms with Crippen molar-refractivity contribution >= 4 is 40.4 Å². The number of hydrogen-bond donors (Lipinski definition) is 0. The molecule has 0 atom stereocenters. The number of ether oxygens (including phenoxy) is 2. The molecule has 0 N–H and O–H groups in total. The molecule has 2 heterocycles. The third-order valence-corrected chi connectivity index (χ3v) is 5.94. The average molecular weight is 508 g/mol. The first-order chi connectivity index (χ1) is 17.3. The van der Waals surface area contributed by atoms with E-state index < -0.39 is 21.0 Å². The standard InChI is InChI=1S/C23H16N4O8S/c1-34-19-11-14(8-9-18(19)35-21-17(27(32)33)7-4-10-24-21)12-20-22(28)25(23(29)36-20)13-15-5-2-3-6-16(15)26(30)31/h2-12H,13H2,1H3/b20-12-. The molecule has 2 amide bonds. The number of benzene rings is 2. The fraction of sp³-hybridized carbons (Fsp3) is 0.0870. The quantitative estimate of drug-likeness (QED) is 0.232. The van der Waals surface area contributed by atoms with Gasteiger partial charge < -0.3 is 9.47 Å². The van der Waals surface area contributed by atoms with Gasteiger partial charge in [0.15, 0.2) is 11.5 Å². The van der Waals surface area contributed by atoms with Crippen LogP contribution in [0.2, 0.25) is 0 Å². The van der Waals surface area contributed by atoms with Gasteiger partial charge in [-0.1, -0.05) is 24.3 Å². The van der Waals surface area contributed by atoms with E-state index >= 15 is 0 Å². The number of carbonyl (C=O) groups excluding carboxylic acids is 2. The van der Waals surface area contributed by atoms with Crippen molar-refractivity contribution in [1.82, 2.24) is 9.88 Å². The van der Waals surface area contributed by atoms with Gasteiger partial charge in [-0.15, -0.1) is 0 Å². The normalized spacial score (nSPS) is 14.2. The topological polar surface area (TPSA) is 155 Å². The summed E-state index contributed by atoms with van der Waals surface area (Å²) in [7, 11) is 1.37. The number of hydrogen-bond acceptors (Lipinski definition) is 10. The highest BCUT2D eigenvalue weighted by Crippen LogP contribution is 2.38. The molecule has 4 rings (SSSR count). The van der Waals surface area contributed by atoms with E-state index in [0.717, 1.165) is 4.90 Å². The zero-order valence-corrected chi connectivity index (χ0v) is 19.3. The number of nitro benzene ring substituents is 1. The summed E-state index contributed by atoms with van der Waals surface area (Å²) in [4.78, 5) is 51.6. The molecule has 3 aromatic rings. The maximum atomic E-state index is 12.9. The Morgan fingerprint density at radius 2 is 1.72 bits per heavy atom. The first-order valence-corrected chi connectivity index (χ1v) is 11.0. The van der Waals surface area contributed by atoms with Crippen LogP contribution >= 0.6 is 11.8 Å². The smallest absolute Gasteiger partial charge is 0.331 e. The minimum Gasteiger partial charge on any atom is -0.493 e. The first kappa shape index (κ1) is 24.3. The van der Waals surface area contributed by atoms with Crippen molar-refractivity contribution in [2.75, 3.05) is 7.11 Å². The predicted octanol–water partition coefficient (Wildman–Crippen LogP) is 4.94. The Morgan fingerprint density at radius 3 is 2.44 bits per heavy atom. The Hall–Kier alpha value is -4.78. The van der Waals surface area contributed by atoms with Gasteiger partial charge in [0.1, 0.15) is 0 Å². The number of rotatable bonds is 8. The number of aromatic nitrogens is 1. The molecule has 0 unspecified atom stereocenters. The molecule has 1 saturated heterocycles. The summed E-state index contributed by atoms with van der Waals surface area (Å²) in [5, 5.41) is 21.9. The van der Waals surface area contributed by atoms with E-state index in [4.69, 9.17) is 9.47 Å². The molecule has 0 spiro atoms. The van der Waals surface area contributed by atoms with E-state index in [9.17, 15) is 29.8 Å². The molecular weight excluding hydrogens is 492 g/mol. The molecule has 36 heavy (non-hydrogen) atoms. The second-order valence-electron chi connectivity index (χ2n) is 7.25. The molecule has 0 bridgehead atoms. The summed E-state index contributed by atoms with van der Waals surface area (Å²) in [5.41, 5.74) is 0.216. The molecule has 2 aromatic carbocycles. The van der Waals surface area contributed by atoms with Crippen molar-refractivity contribution in [2.45, 2.75) is 6.54 Å². The summed E-state index contributed by atoms with van der Waals surface area (Å²) in [6, 6.07) is 13.1. The molecule has 13 heteroatoms. The zero-order valence-electron chi connectivity index (χ0n) is 18.5. The van der Waals surface area contributed by atoms with Crippen molar-refractivity contribution in [3.05, 3.63) is 97.1 Å². The van der Waals surface area contributed by atoms with E-state index in [-0.39, 0.29) is 45.8 Å². The summed E-state index contributed by atoms with van der Waals surface area (Å²) in [6.45, 7) is -0.238. The molecule has 0 radical (unpaired) electrons. The third-order valence-electron chi connectivity index (χ3n) is 5.03. The fourth-order valence-electron chi connectivity index (χ4n) is 3.34. The number of nitro groups is 2. The van der Waals surface area contributed by atoms with Crippen LogP contribution in [-0.2, 0) is 11.3 Å². The number of para-hydroxylation sites is 1. The SMILES string of the molecule is COc1cc(/C=C2\SC(=O)N(Cc3ccccc3[N+](=O)[O-])C2=O)ccc1Oc1ncccc1[N+](=O)[O-]. The van der Waals surface area contributed by atoms with Gasteiger partial charge in [0.2, 0.25) is 0 Å². The maximum absolute atomic E-state index is 12.9. The monoisotopic (exact) mass is 508 g/mol. The number of nitrogens with zero attached hydrogens (tertiary/aromatic N) is 4. The van der Waals surface area contributed by atoms with Crippen LogP contribution in [0.25, 0.3) is 6.08 Å². The van der Waals surface area contributed by atoms with Gasteiger partial charge in [-0.05, 0) is 41.6 Å². The van der Waals surface area contributed by atoms with Crippen LogP contribution in [0.1, 0.15) is 11.1 Å². The summed E-state index contributed by atoms with van der Waals surface area (Å²) in [6.07, 6.45) is 2.82. The third kappa shape index (κ3) is 5.00. The lowest BCUT2D eigenvalue weighted by atomic mass is 10.1. The van der Waals surface area contributed by atoms with E-state index in [1.807, 2.05) is 0 Å². The molecule has 1 aromatic heterocycles. The van der Waals surface area contributed by atoms with Crippen molar-refractivity contribution in [3.63, 3.8) is 0 Å². The molecule has 1 aliphatic heterocycles. The number of methoxy groups -OCH3 is 1. The molecule has 0 saturated carbocycles. The molecule has 182 valence electrons. The van der Waals surface area contributed by atoms with Gasteiger partial charge in [0.05, 0.1) is 28.4 Å². The largest absolute Gasteiger partial charge is 0.493 e. The predicted molar refractivity (Wildman–Crippen MR) is 129 cm³/mol. The van der Waals surface area contributed by atoms with Gasteiger partial charge in [-0.2, -0.15) is 0 Å². The second-order valence-corrected chi connectivity index (χ2v) is 8.24. The van der Waals surface area contributed by atoms with Crippen molar-refractivity contribution in [2.24, 2.45) is 0 Å². The van der Waals surface area contributed by atoms with E-state index in [2.05, 4.69) is 4.98 Å². The number of pyridine rings is 1. The average Bonchev–Trinajstić information content (AvgIpc) is 3.12. The lowest BCUT2D eigenvalue weighted by Crippen LogP contribution is -2.27. The Bertz CT molecular complexity index is 1420. The van der Waals surface area contributed by atoms with Crippen LogP contribution < -0.4 is 9.47 Å². The van der Waals surface area contributed by atoms with Crippen LogP contribution in [0, 0.1) is 20.2 Å². The van der Waals surface area contributed by atoms with Crippen molar-refractivity contribution < 1.29 is 28.9 Å². The van der Waals surface area contributed by atoms with Gasteiger partial charge in [-0.3, -0.25) is 34.7 Å². The Morgan fingerprint density at radius 1 is 1.00 bits per heavy atom. The van der Waals surface area contributed by atoms with Gasteiger partial charge in [0.25, 0.3) is 22.7 Å². The van der Waals surface area contributed by atoms with Crippen LogP contribution in [0.4, 0.5) is 16.2 Å². The lowest BCUT2D eigenvalue weighted by molar-refractivity contribution is -0.386. The van der Waals surface area contributed by atoms with Crippen LogP contribution in [0.15, 0.2) is 65.7 Å². The fourth-order valence-corrected chi connectivity index (χ4v) is 4.18. The molecular formula is C23H16N4O8S. The van der Waals surface area contributed by atoms with E-state index in [1.54, 1.807) is 12.1 Å². The number of carbonyl (C=O) groups is 2. The highest BCUT2D eigenvalue weighted by Gasteiger charge is 2.36. The molecule has 1 fully saturated rings. The summed E-state index contributed by atoms with van der Waals surface area (Å²) < 4.78 is 10.9. The van der Waals surface area contributed by atoms with E-state index in [0.29, 0.717) is 17.3 Å². The van der Waals surface area contributed by atoms with Crippen molar-refractivity contribution in [3.8, 4) is 17.4 Å². The first-order valence-electron chi connectivity index (χ1n) is 10.2. The Balaban J connectivity index is 1.57. The summed E-state index contributed by atoms with van der Waals surface area (Å²) >= 11 is 0.707. The van der Waals surface area contributed by atoms with E-state index in [1.165, 1.54) is 61.8 Å².